The van der Waals surface area contributed by atoms with Crippen molar-refractivity contribution in [1.82, 2.24) is 0 Å². The molecule has 0 radical (unpaired) electrons. The second-order valence-electron chi connectivity index (χ2n) is 2.15. The molecule has 0 saturated carbocycles. The average molecular weight is 236 g/mol. The van der Waals surface area contributed by atoms with E-state index in [1.54, 1.807) is 6.92 Å². The lowest BCUT2D eigenvalue weighted by molar-refractivity contribution is -0.138. The van der Waals surface area contributed by atoms with Crippen LogP contribution in [0.1, 0.15) is 13.3 Å². The van der Waals surface area contributed by atoms with Gasteiger partial charge in [-0.25, -0.2) is 9.79 Å². The molecule has 5 heteroatoms. The molecule has 1 rings (SSSR count). The number of carbonyl (C=O) groups excluding carboxylic acids is 1. The molecule has 1 heterocycles. The van der Waals surface area contributed by atoms with Crippen molar-refractivity contribution < 1.29 is 13.9 Å². The number of halogens is 2. The molecule has 3 nitrogen and oxygen atoms in total. The van der Waals surface area contributed by atoms with Gasteiger partial charge in [0.15, 0.2) is 5.97 Å². The molecule has 0 fully saturated rings. The molecule has 0 saturated heterocycles. The molecule has 0 bridgehead atoms. The Kier molecular flexibility index (Phi) is 2.97. The molecule has 66 valence electrons. The van der Waals surface area contributed by atoms with Crippen LogP contribution in [0.25, 0.3) is 0 Å². The van der Waals surface area contributed by atoms with Gasteiger partial charge in [-0.15, -0.1) is 0 Å². The molecule has 0 spiro atoms. The molecule has 0 aromatic carbocycles. The maximum atomic E-state index is 12.5. The third kappa shape index (κ3) is 1.91. The topological polar surface area (TPSA) is 38.7 Å². The van der Waals surface area contributed by atoms with Crippen LogP contribution in [0.5, 0.6) is 0 Å². The van der Waals surface area contributed by atoms with Gasteiger partial charge in [0.1, 0.15) is 4.61 Å². The highest BCUT2D eigenvalue weighted by molar-refractivity contribution is 9.11. The van der Waals surface area contributed by atoms with Crippen molar-refractivity contribution in [1.29, 1.82) is 0 Å². The zero-order chi connectivity index (χ0) is 9.14. The molecule has 0 unspecified atom stereocenters. The van der Waals surface area contributed by atoms with Crippen molar-refractivity contribution in [3.8, 4) is 0 Å². The van der Waals surface area contributed by atoms with Gasteiger partial charge < -0.3 is 4.74 Å². The van der Waals surface area contributed by atoms with Crippen molar-refractivity contribution in [2.24, 2.45) is 4.99 Å². The summed E-state index contributed by atoms with van der Waals surface area (Å²) in [6.45, 7) is 1.97. The molecule has 0 N–H and O–H groups in total. The quantitative estimate of drug-likeness (QED) is 0.542. The minimum Gasteiger partial charge on any atom is -0.463 e. The summed E-state index contributed by atoms with van der Waals surface area (Å²) >= 11 is 2.97. The third-order valence-electron chi connectivity index (χ3n) is 1.31. The fourth-order valence-electron chi connectivity index (χ4n) is 0.807. The van der Waals surface area contributed by atoms with Gasteiger partial charge in [-0.05, 0) is 22.9 Å². The summed E-state index contributed by atoms with van der Waals surface area (Å²) in [6, 6.07) is 0. The van der Waals surface area contributed by atoms with Crippen LogP contribution in [0.2, 0.25) is 0 Å². The Morgan fingerprint density at radius 3 is 2.92 bits per heavy atom. The Labute approximate surface area is 77.4 Å². The summed E-state index contributed by atoms with van der Waals surface area (Å²) in [5, 5.41) is 0. The summed E-state index contributed by atoms with van der Waals surface area (Å²) in [6.07, 6.45) is -0.0700. The Balaban J connectivity index is 2.68. The van der Waals surface area contributed by atoms with E-state index < -0.39 is 11.9 Å². The maximum absolute atomic E-state index is 12.5. The summed E-state index contributed by atoms with van der Waals surface area (Å²) < 4.78 is 17.4. The molecule has 0 aliphatic carbocycles. The number of nitrogens with zero attached hydrogens (tertiary/aromatic N) is 1. The van der Waals surface area contributed by atoms with Gasteiger partial charge >= 0.3 is 5.97 Å². The Bertz CT molecular complexity index is 273. The Morgan fingerprint density at radius 2 is 2.50 bits per heavy atom. The number of aliphatic imine (C=N–C) groups is 1. The fourth-order valence-corrected chi connectivity index (χ4v) is 1.30. The van der Waals surface area contributed by atoms with Crippen molar-refractivity contribution in [3.05, 3.63) is 10.2 Å². The third-order valence-corrected chi connectivity index (χ3v) is 1.97. The first-order chi connectivity index (χ1) is 5.65. The second-order valence-corrected chi connectivity index (χ2v) is 2.91. The molecular formula is C7H7BrFNO2. The standard InChI is InChI=1S/C7H7BrFNO2/c1-2-12-7(11)4-3-5(9)10-6(4)8/h2-3H2,1H3. The molecule has 1 aliphatic heterocycles. The smallest absolute Gasteiger partial charge is 0.337 e. The monoisotopic (exact) mass is 235 g/mol. The van der Waals surface area contributed by atoms with E-state index in [4.69, 9.17) is 0 Å². The van der Waals surface area contributed by atoms with Gasteiger partial charge in [-0.3, -0.25) is 0 Å². The Hall–Kier alpha value is -0.710. The van der Waals surface area contributed by atoms with Crippen molar-refractivity contribution in [2.75, 3.05) is 6.61 Å². The van der Waals surface area contributed by atoms with E-state index in [0.717, 1.165) is 0 Å². The van der Waals surface area contributed by atoms with E-state index in [1.807, 2.05) is 0 Å². The maximum Gasteiger partial charge on any atom is 0.337 e. The van der Waals surface area contributed by atoms with Crippen LogP contribution < -0.4 is 0 Å². The van der Waals surface area contributed by atoms with Crippen molar-refractivity contribution >= 4 is 27.9 Å². The second kappa shape index (κ2) is 3.80. The number of ether oxygens (including phenoxy) is 1. The van der Waals surface area contributed by atoms with Gasteiger partial charge in [0.2, 0.25) is 0 Å². The van der Waals surface area contributed by atoms with Crippen LogP contribution >= 0.6 is 15.9 Å². The van der Waals surface area contributed by atoms with Crippen molar-refractivity contribution in [2.45, 2.75) is 13.3 Å². The molecule has 0 aromatic heterocycles. The summed E-state index contributed by atoms with van der Waals surface area (Å²) in [4.78, 5) is 14.5. The number of rotatable bonds is 2. The van der Waals surface area contributed by atoms with E-state index in [9.17, 15) is 9.18 Å². The van der Waals surface area contributed by atoms with E-state index in [1.165, 1.54) is 0 Å². The lowest BCUT2D eigenvalue weighted by Crippen LogP contribution is -2.07. The molecular weight excluding hydrogens is 229 g/mol. The molecule has 0 atom stereocenters. The first-order valence-electron chi connectivity index (χ1n) is 3.44. The van der Waals surface area contributed by atoms with Crippen LogP contribution in [0.3, 0.4) is 0 Å². The highest BCUT2D eigenvalue weighted by Crippen LogP contribution is 2.25. The van der Waals surface area contributed by atoms with Crippen LogP contribution in [-0.2, 0) is 9.53 Å². The first-order valence-corrected chi connectivity index (χ1v) is 4.23. The lowest BCUT2D eigenvalue weighted by atomic mass is 10.2. The minimum atomic E-state index is -0.565. The van der Waals surface area contributed by atoms with Crippen LogP contribution in [0.4, 0.5) is 4.39 Å². The van der Waals surface area contributed by atoms with Gasteiger partial charge in [0.25, 0.3) is 0 Å². The van der Waals surface area contributed by atoms with E-state index in [2.05, 4.69) is 25.7 Å². The SMILES string of the molecule is CCOC(=O)C1=C(Br)N=C(F)C1. The van der Waals surface area contributed by atoms with Gasteiger partial charge in [0, 0.05) is 0 Å². The first kappa shape index (κ1) is 9.38. The normalized spacial score (nSPS) is 16.4. The largest absolute Gasteiger partial charge is 0.463 e. The predicted molar refractivity (Wildman–Crippen MR) is 45.7 cm³/mol. The Morgan fingerprint density at radius 1 is 1.83 bits per heavy atom. The van der Waals surface area contributed by atoms with Gasteiger partial charge in [0.05, 0.1) is 18.6 Å². The summed E-state index contributed by atoms with van der Waals surface area (Å²) in [7, 11) is 0. The van der Waals surface area contributed by atoms with Crippen LogP contribution in [-0.4, -0.2) is 18.5 Å². The van der Waals surface area contributed by atoms with Gasteiger partial charge in [-0.2, -0.15) is 4.39 Å². The number of esters is 1. The van der Waals surface area contributed by atoms with Crippen LogP contribution in [0.15, 0.2) is 15.2 Å². The van der Waals surface area contributed by atoms with Crippen LogP contribution in [0, 0.1) is 0 Å². The summed E-state index contributed by atoms with van der Waals surface area (Å²) in [5.41, 5.74) is 0.245. The fraction of sp³-hybridized carbons (Fsp3) is 0.429. The summed E-state index contributed by atoms with van der Waals surface area (Å²) in [5.74, 6) is -1.08. The van der Waals surface area contributed by atoms with Crippen molar-refractivity contribution in [3.63, 3.8) is 0 Å². The molecule has 0 aromatic rings. The van der Waals surface area contributed by atoms with E-state index >= 15 is 0 Å². The zero-order valence-electron chi connectivity index (χ0n) is 6.43. The highest BCUT2D eigenvalue weighted by Gasteiger charge is 2.23. The number of hydrogen-bond acceptors (Lipinski definition) is 3. The number of carbonyl (C=O) groups is 1. The zero-order valence-corrected chi connectivity index (χ0v) is 8.02. The highest BCUT2D eigenvalue weighted by atomic mass is 79.9. The lowest BCUT2D eigenvalue weighted by Gasteiger charge is -2.00. The molecule has 1 aliphatic rings. The number of hydrogen-bond donors (Lipinski definition) is 0. The minimum absolute atomic E-state index is 0.0700. The molecule has 12 heavy (non-hydrogen) atoms. The predicted octanol–water partition coefficient (Wildman–Crippen LogP) is 1.93. The molecule has 0 amide bonds. The average Bonchev–Trinajstić information content (AvgIpc) is 2.30. The van der Waals surface area contributed by atoms with E-state index in [0.29, 0.717) is 0 Å². The van der Waals surface area contributed by atoms with Gasteiger partial charge in [-0.1, -0.05) is 0 Å². The van der Waals surface area contributed by atoms with E-state index in [-0.39, 0.29) is 23.2 Å².